The molecule has 0 bridgehead atoms. The maximum atomic E-state index is 4.62. The molecule has 2 aromatic carbocycles. The van der Waals surface area contributed by atoms with Crippen LogP contribution in [0.3, 0.4) is 0 Å². The smallest absolute Gasteiger partial charge is 0.117 e. The van der Waals surface area contributed by atoms with Gasteiger partial charge in [0, 0.05) is 11.6 Å². The highest BCUT2D eigenvalue weighted by atomic mass is 32.1. The molecule has 3 heteroatoms. The highest BCUT2D eigenvalue weighted by Gasteiger charge is 2.01. The van der Waals surface area contributed by atoms with Gasteiger partial charge in [0.15, 0.2) is 0 Å². The van der Waals surface area contributed by atoms with Crippen LogP contribution in [0.5, 0.6) is 0 Å². The SMILES string of the molecule is C(=Cc1ccnc2ccccc12)c1nc2ccccc2s1. The number of rotatable bonds is 2. The minimum absolute atomic E-state index is 1.02. The molecule has 21 heavy (non-hydrogen) atoms. The van der Waals surface area contributed by atoms with Gasteiger partial charge in [-0.15, -0.1) is 11.3 Å². The van der Waals surface area contributed by atoms with E-state index in [1.165, 1.54) is 10.3 Å². The zero-order valence-corrected chi connectivity index (χ0v) is 12.0. The van der Waals surface area contributed by atoms with E-state index >= 15 is 0 Å². The predicted molar refractivity (Wildman–Crippen MR) is 90.3 cm³/mol. The molecule has 0 N–H and O–H groups in total. The minimum atomic E-state index is 1.02. The maximum Gasteiger partial charge on any atom is 0.117 e. The molecule has 0 fully saturated rings. The molecule has 0 saturated carbocycles. The van der Waals surface area contributed by atoms with E-state index in [1.807, 2.05) is 48.7 Å². The lowest BCUT2D eigenvalue weighted by atomic mass is 10.1. The van der Waals surface area contributed by atoms with Crippen LogP contribution in [0.1, 0.15) is 10.6 Å². The molecule has 0 atom stereocenters. The Morgan fingerprint density at radius 2 is 1.62 bits per heavy atom. The van der Waals surface area contributed by atoms with Crippen molar-refractivity contribution in [3.8, 4) is 0 Å². The fourth-order valence-corrected chi connectivity index (χ4v) is 3.26. The summed E-state index contributed by atoms with van der Waals surface area (Å²) in [5.74, 6) is 0. The van der Waals surface area contributed by atoms with Crippen molar-refractivity contribution in [1.82, 2.24) is 9.97 Å². The molecule has 0 amide bonds. The van der Waals surface area contributed by atoms with Crippen LogP contribution in [-0.4, -0.2) is 9.97 Å². The zero-order chi connectivity index (χ0) is 14.1. The van der Waals surface area contributed by atoms with E-state index < -0.39 is 0 Å². The summed E-state index contributed by atoms with van der Waals surface area (Å²) >= 11 is 1.71. The third-order valence-corrected chi connectivity index (χ3v) is 4.40. The molecule has 0 unspecified atom stereocenters. The Hall–Kier alpha value is -2.52. The standard InChI is InChI=1S/C18H12N2S/c1-2-6-15-14(5-1)13(11-12-19-15)9-10-18-20-16-7-3-4-8-17(16)21-18/h1-12H. The Labute approximate surface area is 126 Å². The molecule has 4 aromatic rings. The molecule has 0 saturated heterocycles. The second kappa shape index (κ2) is 5.11. The zero-order valence-electron chi connectivity index (χ0n) is 11.2. The highest BCUT2D eigenvalue weighted by molar-refractivity contribution is 7.19. The van der Waals surface area contributed by atoms with E-state index in [0.29, 0.717) is 0 Å². The number of nitrogens with zero attached hydrogens (tertiary/aromatic N) is 2. The first kappa shape index (κ1) is 12.2. The Balaban J connectivity index is 1.76. The third-order valence-electron chi connectivity index (χ3n) is 3.40. The molecular formula is C18H12N2S. The topological polar surface area (TPSA) is 25.8 Å². The van der Waals surface area contributed by atoms with Crippen molar-refractivity contribution >= 4 is 44.6 Å². The van der Waals surface area contributed by atoms with Gasteiger partial charge in [0.2, 0.25) is 0 Å². The van der Waals surface area contributed by atoms with Gasteiger partial charge in [0.25, 0.3) is 0 Å². The first-order valence-electron chi connectivity index (χ1n) is 6.77. The number of benzene rings is 2. The second-order valence-electron chi connectivity index (χ2n) is 4.77. The summed E-state index contributed by atoms with van der Waals surface area (Å²) in [4.78, 5) is 9.01. The van der Waals surface area contributed by atoms with Gasteiger partial charge < -0.3 is 0 Å². The molecule has 0 aliphatic rings. The Bertz CT molecular complexity index is 915. The summed E-state index contributed by atoms with van der Waals surface area (Å²) in [7, 11) is 0. The lowest BCUT2D eigenvalue weighted by molar-refractivity contribution is 1.41. The van der Waals surface area contributed by atoms with Crippen LogP contribution in [0.2, 0.25) is 0 Å². The van der Waals surface area contributed by atoms with E-state index in [4.69, 9.17) is 0 Å². The number of hydrogen-bond donors (Lipinski definition) is 0. The molecule has 0 spiro atoms. The van der Waals surface area contributed by atoms with Crippen LogP contribution in [0.25, 0.3) is 33.3 Å². The molecule has 0 aliphatic heterocycles. The average Bonchev–Trinajstić information content (AvgIpc) is 2.96. The van der Waals surface area contributed by atoms with E-state index in [0.717, 1.165) is 21.4 Å². The summed E-state index contributed by atoms with van der Waals surface area (Å²) in [5, 5.41) is 2.19. The molecule has 0 aliphatic carbocycles. The van der Waals surface area contributed by atoms with Crippen LogP contribution in [0, 0.1) is 0 Å². The monoisotopic (exact) mass is 288 g/mol. The van der Waals surface area contributed by atoms with Gasteiger partial charge in [0.05, 0.1) is 15.7 Å². The largest absolute Gasteiger partial charge is 0.256 e. The number of pyridine rings is 1. The number of hydrogen-bond acceptors (Lipinski definition) is 3. The first-order valence-corrected chi connectivity index (χ1v) is 7.59. The van der Waals surface area contributed by atoms with E-state index in [2.05, 4.69) is 34.3 Å². The molecule has 100 valence electrons. The lowest BCUT2D eigenvalue weighted by Gasteiger charge is -2.00. The summed E-state index contributed by atoms with van der Waals surface area (Å²) in [6.45, 7) is 0. The molecular weight excluding hydrogens is 276 g/mol. The van der Waals surface area contributed by atoms with Crippen molar-refractivity contribution < 1.29 is 0 Å². The number of aromatic nitrogens is 2. The minimum Gasteiger partial charge on any atom is -0.256 e. The third kappa shape index (κ3) is 2.32. The van der Waals surface area contributed by atoms with Crippen LogP contribution >= 0.6 is 11.3 Å². The highest BCUT2D eigenvalue weighted by Crippen LogP contribution is 2.24. The summed E-state index contributed by atoms with van der Waals surface area (Å²) in [6.07, 6.45) is 6.04. The van der Waals surface area contributed by atoms with Crippen molar-refractivity contribution in [2.45, 2.75) is 0 Å². The average molecular weight is 288 g/mol. The fourth-order valence-electron chi connectivity index (χ4n) is 2.39. The first-order chi connectivity index (χ1) is 10.4. The summed E-state index contributed by atoms with van der Waals surface area (Å²) in [6, 6.07) is 18.4. The van der Waals surface area contributed by atoms with Gasteiger partial charge in [-0.1, -0.05) is 36.4 Å². The van der Waals surface area contributed by atoms with Crippen molar-refractivity contribution in [1.29, 1.82) is 0 Å². The summed E-state index contributed by atoms with van der Waals surface area (Å²) in [5.41, 5.74) is 3.24. The normalized spacial score (nSPS) is 11.6. The molecule has 4 rings (SSSR count). The number of fused-ring (bicyclic) bond motifs is 2. The van der Waals surface area contributed by atoms with Crippen LogP contribution in [0.15, 0.2) is 60.8 Å². The Morgan fingerprint density at radius 3 is 2.52 bits per heavy atom. The van der Waals surface area contributed by atoms with Crippen LogP contribution in [-0.2, 0) is 0 Å². The van der Waals surface area contributed by atoms with Gasteiger partial charge in [0.1, 0.15) is 5.01 Å². The molecule has 2 nitrogen and oxygen atoms in total. The second-order valence-corrected chi connectivity index (χ2v) is 5.83. The van der Waals surface area contributed by atoms with Crippen molar-refractivity contribution in [3.05, 3.63) is 71.4 Å². The Morgan fingerprint density at radius 1 is 0.810 bits per heavy atom. The predicted octanol–water partition coefficient (Wildman–Crippen LogP) is 5.01. The van der Waals surface area contributed by atoms with Gasteiger partial charge in [-0.3, -0.25) is 4.98 Å². The summed E-state index contributed by atoms with van der Waals surface area (Å²) < 4.78 is 1.22. The maximum absolute atomic E-state index is 4.62. The number of thiazole rings is 1. The van der Waals surface area contributed by atoms with Crippen LogP contribution < -0.4 is 0 Å². The van der Waals surface area contributed by atoms with Crippen molar-refractivity contribution in [3.63, 3.8) is 0 Å². The quantitative estimate of drug-likeness (QED) is 0.518. The Kier molecular flexibility index (Phi) is 2.98. The van der Waals surface area contributed by atoms with Gasteiger partial charge in [-0.25, -0.2) is 4.98 Å². The van der Waals surface area contributed by atoms with E-state index in [9.17, 15) is 0 Å². The van der Waals surface area contributed by atoms with E-state index in [-0.39, 0.29) is 0 Å². The van der Waals surface area contributed by atoms with Gasteiger partial charge in [-0.2, -0.15) is 0 Å². The molecule has 0 radical (unpaired) electrons. The number of para-hydroxylation sites is 2. The van der Waals surface area contributed by atoms with E-state index in [1.54, 1.807) is 11.3 Å². The molecule has 2 aromatic heterocycles. The lowest BCUT2D eigenvalue weighted by Crippen LogP contribution is -1.81. The van der Waals surface area contributed by atoms with Crippen molar-refractivity contribution in [2.75, 3.05) is 0 Å². The molecule has 2 heterocycles. The van der Waals surface area contributed by atoms with Crippen molar-refractivity contribution in [2.24, 2.45) is 0 Å². The van der Waals surface area contributed by atoms with Crippen LogP contribution in [0.4, 0.5) is 0 Å². The fraction of sp³-hybridized carbons (Fsp3) is 0. The van der Waals surface area contributed by atoms with Gasteiger partial charge in [-0.05, 0) is 35.9 Å². The van der Waals surface area contributed by atoms with Gasteiger partial charge >= 0.3 is 0 Å².